The molecule has 2 aromatic rings. The van der Waals surface area contributed by atoms with Gasteiger partial charge >= 0.3 is 0 Å². The van der Waals surface area contributed by atoms with Crippen molar-refractivity contribution in [2.45, 2.75) is 19.5 Å². The van der Waals surface area contributed by atoms with Gasteiger partial charge in [-0.15, -0.1) is 0 Å². The lowest BCUT2D eigenvalue weighted by Gasteiger charge is -2.12. The number of rotatable bonds is 5. The van der Waals surface area contributed by atoms with Gasteiger partial charge in [0.05, 0.1) is 17.6 Å². The van der Waals surface area contributed by atoms with E-state index >= 15 is 0 Å². The first-order valence-electron chi connectivity index (χ1n) is 6.02. The highest BCUT2D eigenvalue weighted by Crippen LogP contribution is 2.21. The zero-order chi connectivity index (χ0) is 13.1. The number of hydrogen-bond donors (Lipinski definition) is 1. The molecule has 0 unspecified atom stereocenters. The normalized spacial score (nSPS) is 11.6. The first kappa shape index (κ1) is 13.3. The number of nitrogens with zero attached hydrogens (tertiary/aromatic N) is 3. The molecular formula is C13H18ClN3O. The highest BCUT2D eigenvalue weighted by molar-refractivity contribution is 6.31. The fraction of sp³-hybridized carbons (Fsp3) is 0.462. The third-order valence-corrected chi connectivity index (χ3v) is 3.02. The van der Waals surface area contributed by atoms with E-state index < -0.39 is 0 Å². The van der Waals surface area contributed by atoms with Crippen molar-refractivity contribution in [1.82, 2.24) is 14.5 Å². The summed E-state index contributed by atoms with van der Waals surface area (Å²) in [7, 11) is 4.03. The van der Waals surface area contributed by atoms with Crippen LogP contribution in [0.5, 0.6) is 0 Å². The Bertz CT molecular complexity index is 536. The molecule has 5 heteroatoms. The summed E-state index contributed by atoms with van der Waals surface area (Å²) in [5.41, 5.74) is 1.99. The van der Waals surface area contributed by atoms with Crippen LogP contribution in [-0.4, -0.2) is 40.3 Å². The molecule has 1 aromatic carbocycles. The van der Waals surface area contributed by atoms with Crippen molar-refractivity contribution in [3.63, 3.8) is 0 Å². The number of hydrogen-bond acceptors (Lipinski definition) is 3. The van der Waals surface area contributed by atoms with Gasteiger partial charge in [-0.1, -0.05) is 11.6 Å². The van der Waals surface area contributed by atoms with Crippen LogP contribution in [0.4, 0.5) is 0 Å². The van der Waals surface area contributed by atoms with Gasteiger partial charge in [0, 0.05) is 18.2 Å². The number of aliphatic hydroxyl groups excluding tert-OH is 1. The molecule has 0 aliphatic carbocycles. The average Bonchev–Trinajstić information content (AvgIpc) is 2.62. The van der Waals surface area contributed by atoms with Crippen LogP contribution in [-0.2, 0) is 13.1 Å². The van der Waals surface area contributed by atoms with Crippen molar-refractivity contribution >= 4 is 22.6 Å². The molecule has 2 rings (SSSR count). The molecule has 1 aromatic heterocycles. The number of benzene rings is 1. The van der Waals surface area contributed by atoms with Crippen molar-refractivity contribution in [2.24, 2.45) is 0 Å². The molecule has 4 nitrogen and oxygen atoms in total. The Morgan fingerprint density at radius 3 is 2.83 bits per heavy atom. The first-order valence-corrected chi connectivity index (χ1v) is 6.40. The van der Waals surface area contributed by atoms with Gasteiger partial charge in [0.25, 0.3) is 0 Å². The SMILES string of the molecule is CN(C)Cc1nc2cc(Cl)ccc2n1CCCO. The smallest absolute Gasteiger partial charge is 0.124 e. The van der Waals surface area contributed by atoms with Crippen LogP contribution in [0.3, 0.4) is 0 Å². The summed E-state index contributed by atoms with van der Waals surface area (Å²) in [4.78, 5) is 6.70. The van der Waals surface area contributed by atoms with Crippen LogP contribution in [0.1, 0.15) is 12.2 Å². The molecule has 0 aliphatic heterocycles. The maximum atomic E-state index is 8.99. The minimum Gasteiger partial charge on any atom is -0.396 e. The average molecular weight is 268 g/mol. The molecule has 18 heavy (non-hydrogen) atoms. The zero-order valence-corrected chi connectivity index (χ0v) is 11.5. The molecule has 0 saturated heterocycles. The molecule has 0 amide bonds. The van der Waals surface area contributed by atoms with Crippen molar-refractivity contribution in [2.75, 3.05) is 20.7 Å². The van der Waals surface area contributed by atoms with E-state index in [0.717, 1.165) is 36.4 Å². The van der Waals surface area contributed by atoms with Crippen LogP contribution in [0.2, 0.25) is 5.02 Å². The number of aromatic nitrogens is 2. The lowest BCUT2D eigenvalue weighted by molar-refractivity contribution is 0.278. The van der Waals surface area contributed by atoms with Gasteiger partial charge in [0.1, 0.15) is 5.82 Å². The summed E-state index contributed by atoms with van der Waals surface area (Å²) >= 11 is 5.99. The van der Waals surface area contributed by atoms with Crippen molar-refractivity contribution in [1.29, 1.82) is 0 Å². The summed E-state index contributed by atoms with van der Waals surface area (Å²) < 4.78 is 2.15. The van der Waals surface area contributed by atoms with E-state index in [1.165, 1.54) is 0 Å². The molecule has 0 radical (unpaired) electrons. The maximum absolute atomic E-state index is 8.99. The van der Waals surface area contributed by atoms with Crippen LogP contribution < -0.4 is 0 Å². The summed E-state index contributed by atoms with van der Waals surface area (Å²) in [6.45, 7) is 1.74. The topological polar surface area (TPSA) is 41.3 Å². The van der Waals surface area contributed by atoms with Crippen LogP contribution in [0.25, 0.3) is 11.0 Å². The molecule has 0 atom stereocenters. The van der Waals surface area contributed by atoms with E-state index in [-0.39, 0.29) is 6.61 Å². The first-order chi connectivity index (χ1) is 8.61. The summed E-state index contributed by atoms with van der Waals surface area (Å²) in [6, 6.07) is 5.74. The Morgan fingerprint density at radius 1 is 1.39 bits per heavy atom. The number of halogens is 1. The standard InChI is InChI=1S/C13H18ClN3O/c1-16(2)9-13-15-11-8-10(14)4-5-12(11)17(13)6-3-7-18/h4-5,8,18H,3,6-7,9H2,1-2H3. The van der Waals surface area contributed by atoms with Crippen molar-refractivity contribution in [3.05, 3.63) is 29.0 Å². The largest absolute Gasteiger partial charge is 0.396 e. The van der Waals surface area contributed by atoms with E-state index in [1.54, 1.807) is 0 Å². The molecule has 0 spiro atoms. The van der Waals surface area contributed by atoms with Gasteiger partial charge in [-0.2, -0.15) is 0 Å². The van der Waals surface area contributed by atoms with Gasteiger partial charge in [-0.25, -0.2) is 4.98 Å². The molecule has 0 saturated carbocycles. The lowest BCUT2D eigenvalue weighted by atomic mass is 10.3. The number of imidazole rings is 1. The van der Waals surface area contributed by atoms with E-state index in [9.17, 15) is 0 Å². The van der Waals surface area contributed by atoms with E-state index in [2.05, 4.69) is 14.5 Å². The fourth-order valence-corrected chi connectivity index (χ4v) is 2.20. The second-order valence-corrected chi connectivity index (χ2v) is 5.06. The Kier molecular flexibility index (Phi) is 4.22. The quantitative estimate of drug-likeness (QED) is 0.902. The third-order valence-electron chi connectivity index (χ3n) is 2.79. The highest BCUT2D eigenvalue weighted by atomic mass is 35.5. The molecule has 98 valence electrons. The minimum absolute atomic E-state index is 0.189. The van der Waals surface area contributed by atoms with Gasteiger partial charge in [0.15, 0.2) is 0 Å². The third kappa shape index (κ3) is 2.83. The fourth-order valence-electron chi connectivity index (χ4n) is 2.03. The van der Waals surface area contributed by atoms with Crippen molar-refractivity contribution < 1.29 is 5.11 Å². The summed E-state index contributed by atoms with van der Waals surface area (Å²) in [6.07, 6.45) is 0.731. The number of aryl methyl sites for hydroxylation is 1. The van der Waals surface area contributed by atoms with Crippen LogP contribution >= 0.6 is 11.6 Å². The molecule has 0 fully saturated rings. The van der Waals surface area contributed by atoms with Crippen molar-refractivity contribution in [3.8, 4) is 0 Å². The van der Waals surface area contributed by atoms with E-state index in [0.29, 0.717) is 5.02 Å². The maximum Gasteiger partial charge on any atom is 0.124 e. The highest BCUT2D eigenvalue weighted by Gasteiger charge is 2.11. The van der Waals surface area contributed by atoms with Gasteiger partial charge in [-0.05, 0) is 38.7 Å². The molecule has 1 N–H and O–H groups in total. The van der Waals surface area contributed by atoms with Gasteiger partial charge < -0.3 is 14.6 Å². The molecule has 0 aliphatic rings. The predicted octanol–water partition coefficient (Wildman–Crippen LogP) is 2.13. The Morgan fingerprint density at radius 2 is 2.17 bits per heavy atom. The molecular weight excluding hydrogens is 250 g/mol. The number of fused-ring (bicyclic) bond motifs is 1. The zero-order valence-electron chi connectivity index (χ0n) is 10.7. The predicted molar refractivity (Wildman–Crippen MR) is 73.8 cm³/mol. The summed E-state index contributed by atoms with van der Waals surface area (Å²) in [5.74, 6) is 1.01. The van der Waals surface area contributed by atoms with E-state index in [1.807, 2.05) is 32.3 Å². The monoisotopic (exact) mass is 267 g/mol. The second-order valence-electron chi connectivity index (χ2n) is 4.63. The molecule has 0 bridgehead atoms. The van der Waals surface area contributed by atoms with Gasteiger partial charge in [-0.3, -0.25) is 0 Å². The van der Waals surface area contributed by atoms with Gasteiger partial charge in [0.2, 0.25) is 0 Å². The lowest BCUT2D eigenvalue weighted by Crippen LogP contribution is -2.16. The Balaban J connectivity index is 2.45. The minimum atomic E-state index is 0.189. The molecule has 1 heterocycles. The Hall–Kier alpha value is -1.10. The summed E-state index contributed by atoms with van der Waals surface area (Å²) in [5, 5.41) is 9.69. The second kappa shape index (κ2) is 5.69. The number of aliphatic hydroxyl groups is 1. The Labute approximate surface area is 112 Å². The van der Waals surface area contributed by atoms with E-state index in [4.69, 9.17) is 16.7 Å². The van der Waals surface area contributed by atoms with Crippen LogP contribution in [0.15, 0.2) is 18.2 Å². The van der Waals surface area contributed by atoms with Crippen LogP contribution in [0, 0.1) is 0 Å².